The van der Waals surface area contributed by atoms with Crippen molar-refractivity contribution < 1.29 is 14.3 Å². The molecule has 3 rings (SSSR count). The number of hydrogen-bond acceptors (Lipinski definition) is 11. The summed E-state index contributed by atoms with van der Waals surface area (Å²) in [5, 5.41) is 29.9. The molecule has 162 valence electrons. The van der Waals surface area contributed by atoms with Crippen LogP contribution in [0.25, 0.3) is 5.82 Å². The SMILES string of the molecule is CCN(CC)Cc1c(C(=O)N/N=C/c2cccc([N+](=O)[O-])c2)nnn1-c1nonc1N. The summed E-state index contributed by atoms with van der Waals surface area (Å²) < 4.78 is 5.92. The lowest BCUT2D eigenvalue weighted by Crippen LogP contribution is -2.27. The molecular weight excluding hydrogens is 408 g/mol. The highest BCUT2D eigenvalue weighted by molar-refractivity contribution is 5.94. The van der Waals surface area contributed by atoms with Gasteiger partial charge in [-0.1, -0.05) is 31.2 Å². The number of carbonyl (C=O) groups excluding carboxylic acids is 1. The van der Waals surface area contributed by atoms with Gasteiger partial charge in [-0.3, -0.25) is 19.8 Å². The second-order valence-corrected chi connectivity index (χ2v) is 6.28. The lowest BCUT2D eigenvalue weighted by molar-refractivity contribution is -0.384. The molecule has 1 amide bonds. The number of nitro groups is 1. The van der Waals surface area contributed by atoms with Gasteiger partial charge in [-0.25, -0.2) is 10.1 Å². The van der Waals surface area contributed by atoms with E-state index in [0.29, 0.717) is 17.8 Å². The molecule has 14 nitrogen and oxygen atoms in total. The van der Waals surface area contributed by atoms with E-state index in [1.165, 1.54) is 29.1 Å². The Labute approximate surface area is 175 Å². The van der Waals surface area contributed by atoms with Gasteiger partial charge in [0.2, 0.25) is 11.6 Å². The molecule has 0 saturated carbocycles. The minimum absolute atomic E-state index is 0.00125. The summed E-state index contributed by atoms with van der Waals surface area (Å²) in [5.41, 5.74) is 8.92. The highest BCUT2D eigenvalue weighted by Gasteiger charge is 2.24. The Bertz CT molecular complexity index is 1100. The van der Waals surface area contributed by atoms with Crippen molar-refractivity contribution in [3.8, 4) is 5.82 Å². The summed E-state index contributed by atoms with van der Waals surface area (Å²) in [6.45, 7) is 5.74. The van der Waals surface area contributed by atoms with Gasteiger partial charge in [0.1, 0.15) is 0 Å². The summed E-state index contributed by atoms with van der Waals surface area (Å²) >= 11 is 0. The Kier molecular flexibility index (Phi) is 6.61. The number of non-ortho nitro benzene ring substituents is 1. The Hall–Kier alpha value is -4.20. The zero-order valence-corrected chi connectivity index (χ0v) is 16.8. The van der Waals surface area contributed by atoms with Crippen molar-refractivity contribution in [3.63, 3.8) is 0 Å². The fraction of sp³-hybridized carbons (Fsp3) is 0.294. The van der Waals surface area contributed by atoms with Crippen LogP contribution in [0.15, 0.2) is 34.0 Å². The molecule has 2 heterocycles. The largest absolute Gasteiger partial charge is 0.378 e. The normalized spacial score (nSPS) is 11.3. The molecule has 0 bridgehead atoms. The van der Waals surface area contributed by atoms with Gasteiger partial charge in [0.25, 0.3) is 11.6 Å². The van der Waals surface area contributed by atoms with Gasteiger partial charge < -0.3 is 5.73 Å². The molecule has 0 unspecified atom stereocenters. The minimum atomic E-state index is -0.620. The number of rotatable bonds is 9. The van der Waals surface area contributed by atoms with Gasteiger partial charge >= 0.3 is 0 Å². The van der Waals surface area contributed by atoms with Crippen molar-refractivity contribution in [3.05, 3.63) is 51.3 Å². The standard InChI is InChI=1S/C17H20N10O4/c1-3-25(4-2)10-13-14(20-24-26(13)16-15(18)22-31-23-16)17(28)21-19-9-11-6-5-7-12(8-11)27(29)30/h5-9H,3-4,10H2,1-2H3,(H2,18,22)(H,21,28)/b19-9+. The second-order valence-electron chi connectivity index (χ2n) is 6.28. The van der Waals surface area contributed by atoms with Crippen LogP contribution < -0.4 is 11.2 Å². The van der Waals surface area contributed by atoms with Gasteiger partial charge in [0.05, 0.1) is 16.8 Å². The van der Waals surface area contributed by atoms with Crippen molar-refractivity contribution in [1.29, 1.82) is 0 Å². The van der Waals surface area contributed by atoms with Crippen molar-refractivity contribution >= 4 is 23.6 Å². The smallest absolute Gasteiger partial charge is 0.293 e. The number of amides is 1. The summed E-state index contributed by atoms with van der Waals surface area (Å²) in [4.78, 5) is 25.1. The molecule has 3 aromatic rings. The first-order valence-electron chi connectivity index (χ1n) is 9.27. The molecule has 0 aliphatic rings. The van der Waals surface area contributed by atoms with Crippen molar-refractivity contribution in [2.24, 2.45) is 5.10 Å². The number of nitrogens with zero attached hydrogens (tertiary/aromatic N) is 8. The number of hydrazone groups is 1. The van der Waals surface area contributed by atoms with Crippen molar-refractivity contribution in [2.75, 3.05) is 18.8 Å². The molecule has 0 atom stereocenters. The molecule has 0 fully saturated rings. The van der Waals surface area contributed by atoms with E-state index in [2.05, 4.69) is 35.8 Å². The highest BCUT2D eigenvalue weighted by atomic mass is 16.6. The Balaban J connectivity index is 1.85. The van der Waals surface area contributed by atoms with E-state index >= 15 is 0 Å². The molecule has 2 aromatic heterocycles. The first kappa shape index (κ1) is 21.5. The molecule has 0 saturated heterocycles. The molecule has 31 heavy (non-hydrogen) atoms. The van der Waals surface area contributed by atoms with Crippen LogP contribution >= 0.6 is 0 Å². The number of nitrogen functional groups attached to an aromatic ring is 1. The van der Waals surface area contributed by atoms with Gasteiger partial charge in [-0.2, -0.15) is 9.78 Å². The maximum Gasteiger partial charge on any atom is 0.293 e. The maximum absolute atomic E-state index is 12.7. The Morgan fingerprint density at radius 3 is 2.81 bits per heavy atom. The van der Waals surface area contributed by atoms with Crippen LogP contribution in [0, 0.1) is 10.1 Å². The first-order valence-corrected chi connectivity index (χ1v) is 9.27. The van der Waals surface area contributed by atoms with Crippen LogP contribution in [0.2, 0.25) is 0 Å². The van der Waals surface area contributed by atoms with E-state index in [0.717, 1.165) is 13.1 Å². The Morgan fingerprint density at radius 1 is 1.39 bits per heavy atom. The third kappa shape index (κ3) is 4.87. The van der Waals surface area contributed by atoms with E-state index in [-0.39, 0.29) is 23.0 Å². The van der Waals surface area contributed by atoms with E-state index in [9.17, 15) is 14.9 Å². The fourth-order valence-corrected chi connectivity index (χ4v) is 2.72. The molecule has 0 spiro atoms. The zero-order chi connectivity index (χ0) is 22.4. The first-order chi connectivity index (χ1) is 14.9. The van der Waals surface area contributed by atoms with Gasteiger partial charge in [-0.05, 0) is 23.4 Å². The molecule has 0 aliphatic carbocycles. The van der Waals surface area contributed by atoms with Crippen LogP contribution in [0.5, 0.6) is 0 Å². The lowest BCUT2D eigenvalue weighted by atomic mass is 10.2. The third-order valence-electron chi connectivity index (χ3n) is 4.40. The number of anilines is 1. The Morgan fingerprint density at radius 2 is 2.16 bits per heavy atom. The van der Waals surface area contributed by atoms with Gasteiger partial charge in [-0.15, -0.1) is 5.10 Å². The summed E-state index contributed by atoms with van der Waals surface area (Å²) in [5.74, 6) is -0.500. The van der Waals surface area contributed by atoms with Crippen LogP contribution in [0.1, 0.15) is 35.6 Å². The van der Waals surface area contributed by atoms with Crippen molar-refractivity contribution in [2.45, 2.75) is 20.4 Å². The fourth-order valence-electron chi connectivity index (χ4n) is 2.72. The van der Waals surface area contributed by atoms with E-state index in [4.69, 9.17) is 5.73 Å². The van der Waals surface area contributed by atoms with Crippen molar-refractivity contribution in [1.82, 2.24) is 35.6 Å². The van der Waals surface area contributed by atoms with E-state index in [1.54, 1.807) is 6.07 Å². The number of nitrogens with one attached hydrogen (secondary N) is 1. The maximum atomic E-state index is 12.7. The predicted molar refractivity (Wildman–Crippen MR) is 108 cm³/mol. The number of aromatic nitrogens is 5. The average Bonchev–Trinajstić information content (AvgIpc) is 3.37. The summed E-state index contributed by atoms with van der Waals surface area (Å²) in [6, 6.07) is 5.83. The number of benzene rings is 1. The molecule has 14 heteroatoms. The van der Waals surface area contributed by atoms with Crippen LogP contribution in [-0.2, 0) is 6.54 Å². The number of nitro benzene ring substituents is 1. The number of hydrogen-bond donors (Lipinski definition) is 2. The number of carbonyl (C=O) groups is 1. The molecule has 1 aromatic carbocycles. The highest BCUT2D eigenvalue weighted by Crippen LogP contribution is 2.17. The molecule has 3 N–H and O–H groups in total. The minimum Gasteiger partial charge on any atom is -0.378 e. The molecule has 0 aliphatic heterocycles. The van der Waals surface area contributed by atoms with E-state index < -0.39 is 10.8 Å². The lowest BCUT2D eigenvalue weighted by Gasteiger charge is -2.18. The van der Waals surface area contributed by atoms with Crippen LogP contribution in [0.3, 0.4) is 0 Å². The van der Waals surface area contributed by atoms with Crippen LogP contribution in [-0.4, -0.2) is 60.3 Å². The quantitative estimate of drug-likeness (QED) is 0.280. The number of nitrogens with two attached hydrogens (primary N) is 1. The summed E-state index contributed by atoms with van der Waals surface area (Å²) in [6.07, 6.45) is 1.29. The zero-order valence-electron chi connectivity index (χ0n) is 16.8. The van der Waals surface area contributed by atoms with Crippen LogP contribution in [0.4, 0.5) is 11.5 Å². The summed E-state index contributed by atoms with van der Waals surface area (Å²) in [7, 11) is 0. The van der Waals surface area contributed by atoms with Gasteiger partial charge in [0, 0.05) is 24.2 Å². The monoisotopic (exact) mass is 428 g/mol. The molecule has 0 radical (unpaired) electrons. The second kappa shape index (κ2) is 9.53. The topological polar surface area (TPSA) is 183 Å². The third-order valence-corrected chi connectivity index (χ3v) is 4.40. The van der Waals surface area contributed by atoms with Gasteiger partial charge in [0.15, 0.2) is 5.69 Å². The molecular formula is C17H20N10O4. The van der Waals surface area contributed by atoms with E-state index in [1.807, 2.05) is 18.7 Å². The average molecular weight is 428 g/mol. The predicted octanol–water partition coefficient (Wildman–Crippen LogP) is 0.746.